The quantitative estimate of drug-likeness (QED) is 0.596. The van der Waals surface area contributed by atoms with Crippen molar-refractivity contribution in [2.24, 2.45) is 14.1 Å². The molecular formula is C23H31N5O4. The van der Waals surface area contributed by atoms with E-state index in [1.807, 2.05) is 24.3 Å². The summed E-state index contributed by atoms with van der Waals surface area (Å²) in [4.78, 5) is 32.2. The summed E-state index contributed by atoms with van der Waals surface area (Å²) in [5.74, 6) is 1.32. The maximum atomic E-state index is 13.0. The molecule has 3 aromatic rings. The average molecular weight is 442 g/mol. The second-order valence-corrected chi connectivity index (χ2v) is 8.41. The highest BCUT2D eigenvalue weighted by atomic mass is 16.5. The molecule has 0 saturated carbocycles. The second kappa shape index (κ2) is 9.20. The van der Waals surface area contributed by atoms with Crippen molar-refractivity contribution >= 4 is 17.1 Å². The van der Waals surface area contributed by atoms with Gasteiger partial charge >= 0.3 is 5.69 Å². The molecule has 1 saturated heterocycles. The lowest BCUT2D eigenvalue weighted by atomic mass is 10.1. The van der Waals surface area contributed by atoms with E-state index in [1.165, 1.54) is 11.6 Å². The molecule has 2 aromatic heterocycles. The van der Waals surface area contributed by atoms with Gasteiger partial charge in [-0.25, -0.2) is 4.79 Å². The summed E-state index contributed by atoms with van der Waals surface area (Å²) in [5.41, 5.74) is 0.985. The number of fused-ring (bicyclic) bond motifs is 1. The van der Waals surface area contributed by atoms with Crippen molar-refractivity contribution in [1.29, 1.82) is 0 Å². The fraction of sp³-hybridized carbons (Fsp3) is 0.522. The van der Waals surface area contributed by atoms with Gasteiger partial charge in [0.05, 0.1) is 6.54 Å². The number of aryl methyl sites for hydroxylation is 2. The van der Waals surface area contributed by atoms with Crippen molar-refractivity contribution in [3.63, 3.8) is 0 Å². The van der Waals surface area contributed by atoms with E-state index < -0.39 is 17.4 Å². The fourth-order valence-electron chi connectivity index (χ4n) is 4.25. The van der Waals surface area contributed by atoms with Gasteiger partial charge in [-0.2, -0.15) is 4.98 Å². The highest BCUT2D eigenvalue weighted by Crippen LogP contribution is 2.24. The minimum absolute atomic E-state index is 0.0817. The molecule has 32 heavy (non-hydrogen) atoms. The zero-order valence-electron chi connectivity index (χ0n) is 19.0. The van der Waals surface area contributed by atoms with Gasteiger partial charge in [0.15, 0.2) is 11.2 Å². The third-order valence-corrected chi connectivity index (χ3v) is 6.11. The zero-order valence-corrected chi connectivity index (χ0v) is 19.0. The Morgan fingerprint density at radius 3 is 2.59 bits per heavy atom. The maximum absolute atomic E-state index is 13.0. The lowest BCUT2D eigenvalue weighted by Gasteiger charge is -2.28. The van der Waals surface area contributed by atoms with Crippen molar-refractivity contribution in [3.8, 4) is 5.75 Å². The number of hydrogen-bond donors (Lipinski definition) is 1. The summed E-state index contributed by atoms with van der Waals surface area (Å²) in [7, 11) is 3.07. The molecule has 3 heterocycles. The number of benzene rings is 1. The molecule has 0 radical (unpaired) electrons. The monoisotopic (exact) mass is 441 g/mol. The lowest BCUT2D eigenvalue weighted by Crippen LogP contribution is -2.38. The van der Waals surface area contributed by atoms with Gasteiger partial charge in [0.1, 0.15) is 18.5 Å². The van der Waals surface area contributed by atoms with Crippen LogP contribution < -0.4 is 20.9 Å². The fourth-order valence-corrected chi connectivity index (χ4v) is 4.25. The van der Waals surface area contributed by atoms with Gasteiger partial charge in [-0.15, -0.1) is 0 Å². The number of hydrogen-bond acceptors (Lipinski definition) is 6. The number of aliphatic hydroxyl groups is 1. The molecule has 0 amide bonds. The van der Waals surface area contributed by atoms with Crippen LogP contribution in [0.4, 0.5) is 5.95 Å². The van der Waals surface area contributed by atoms with Crippen LogP contribution in [0.2, 0.25) is 0 Å². The molecule has 1 fully saturated rings. The third kappa shape index (κ3) is 4.17. The molecule has 0 bridgehead atoms. The van der Waals surface area contributed by atoms with Crippen LogP contribution >= 0.6 is 0 Å². The Bertz CT molecular complexity index is 1220. The normalized spacial score (nSPS) is 15.3. The molecule has 4 rings (SSSR count). The molecule has 9 nitrogen and oxygen atoms in total. The molecule has 0 aliphatic carbocycles. The number of nitrogens with zero attached hydrogens (tertiary/aromatic N) is 5. The van der Waals surface area contributed by atoms with Gasteiger partial charge in [-0.3, -0.25) is 13.9 Å². The lowest BCUT2D eigenvalue weighted by molar-refractivity contribution is 0.0935. The number of ether oxygens (including phenoxy) is 1. The first-order valence-corrected chi connectivity index (χ1v) is 11.2. The molecule has 0 unspecified atom stereocenters. The summed E-state index contributed by atoms with van der Waals surface area (Å²) in [5, 5.41) is 10.8. The van der Waals surface area contributed by atoms with Crippen LogP contribution in [0.15, 0.2) is 33.9 Å². The minimum Gasteiger partial charge on any atom is -0.491 e. The summed E-state index contributed by atoms with van der Waals surface area (Å²) in [6, 6.07) is 7.79. The number of anilines is 1. The van der Waals surface area contributed by atoms with E-state index in [2.05, 4.69) is 16.8 Å². The Hall–Kier alpha value is -3.07. The van der Waals surface area contributed by atoms with E-state index in [0.29, 0.717) is 22.9 Å². The van der Waals surface area contributed by atoms with Crippen LogP contribution in [-0.2, 0) is 27.1 Å². The molecule has 1 N–H and O–H groups in total. The van der Waals surface area contributed by atoms with E-state index in [9.17, 15) is 14.7 Å². The van der Waals surface area contributed by atoms with Gasteiger partial charge in [-0.05, 0) is 43.4 Å². The van der Waals surface area contributed by atoms with E-state index in [0.717, 1.165) is 48.9 Å². The number of aliphatic hydroxyl groups excluding tert-OH is 1. The third-order valence-electron chi connectivity index (χ3n) is 6.11. The first-order valence-electron chi connectivity index (χ1n) is 11.2. The van der Waals surface area contributed by atoms with Crippen LogP contribution in [0.3, 0.4) is 0 Å². The number of piperidine rings is 1. The van der Waals surface area contributed by atoms with Crippen molar-refractivity contribution in [2.45, 2.75) is 45.3 Å². The van der Waals surface area contributed by atoms with Crippen LogP contribution in [-0.4, -0.2) is 49.6 Å². The average Bonchev–Trinajstić information content (AvgIpc) is 3.20. The number of aromatic nitrogens is 4. The van der Waals surface area contributed by atoms with Crippen LogP contribution in [0.1, 0.15) is 31.7 Å². The zero-order chi connectivity index (χ0) is 22.8. The van der Waals surface area contributed by atoms with E-state index in [1.54, 1.807) is 11.6 Å². The predicted molar refractivity (Wildman–Crippen MR) is 124 cm³/mol. The van der Waals surface area contributed by atoms with Gasteiger partial charge in [0.2, 0.25) is 5.95 Å². The van der Waals surface area contributed by atoms with Gasteiger partial charge in [-0.1, -0.05) is 19.1 Å². The Labute approximate surface area is 186 Å². The first kappa shape index (κ1) is 22.1. The Morgan fingerprint density at radius 2 is 1.88 bits per heavy atom. The van der Waals surface area contributed by atoms with Gasteiger partial charge in [0, 0.05) is 27.2 Å². The SMILES string of the molecule is CCc1cccc(OC[C@H](O)Cn2c(N3CCCCC3)nc3c2c(=O)n(C)c(=O)n3C)c1. The molecule has 1 atom stereocenters. The largest absolute Gasteiger partial charge is 0.491 e. The summed E-state index contributed by atoms with van der Waals surface area (Å²) in [6.07, 6.45) is 3.29. The molecule has 9 heteroatoms. The highest BCUT2D eigenvalue weighted by molar-refractivity contribution is 5.74. The van der Waals surface area contributed by atoms with Gasteiger partial charge < -0.3 is 19.3 Å². The molecule has 1 aliphatic rings. The summed E-state index contributed by atoms with van der Waals surface area (Å²) < 4.78 is 10.0. The Kier molecular flexibility index (Phi) is 6.36. The Morgan fingerprint density at radius 1 is 1.12 bits per heavy atom. The van der Waals surface area contributed by atoms with Crippen LogP contribution in [0.5, 0.6) is 5.75 Å². The van der Waals surface area contributed by atoms with Crippen molar-refractivity contribution in [3.05, 3.63) is 50.7 Å². The minimum atomic E-state index is -0.858. The topological polar surface area (TPSA) is 94.5 Å². The maximum Gasteiger partial charge on any atom is 0.332 e. The number of rotatable bonds is 7. The summed E-state index contributed by atoms with van der Waals surface area (Å²) >= 11 is 0. The smallest absolute Gasteiger partial charge is 0.332 e. The Balaban J connectivity index is 1.67. The summed E-state index contributed by atoms with van der Waals surface area (Å²) in [6.45, 7) is 3.96. The van der Waals surface area contributed by atoms with Crippen molar-refractivity contribution in [1.82, 2.24) is 18.7 Å². The molecule has 0 spiro atoms. The van der Waals surface area contributed by atoms with Crippen LogP contribution in [0.25, 0.3) is 11.2 Å². The first-order chi connectivity index (χ1) is 15.4. The number of imidazole rings is 1. The van der Waals surface area contributed by atoms with Crippen molar-refractivity contribution in [2.75, 3.05) is 24.6 Å². The highest BCUT2D eigenvalue weighted by Gasteiger charge is 2.25. The van der Waals surface area contributed by atoms with Crippen molar-refractivity contribution < 1.29 is 9.84 Å². The van der Waals surface area contributed by atoms with E-state index in [4.69, 9.17) is 4.74 Å². The van der Waals surface area contributed by atoms with Crippen LogP contribution in [0, 0.1) is 0 Å². The van der Waals surface area contributed by atoms with E-state index >= 15 is 0 Å². The molecule has 172 valence electrons. The standard InChI is InChI=1S/C23H31N5O4/c1-4-16-9-8-10-18(13-16)32-15-17(29)14-28-19-20(25(2)23(31)26(3)21(19)30)24-22(28)27-11-6-5-7-12-27/h8-10,13,17,29H,4-7,11-12,14-15H2,1-3H3/t17-/m1/s1. The second-order valence-electron chi connectivity index (χ2n) is 8.41. The predicted octanol–water partition coefficient (Wildman–Crippen LogP) is 1.43. The molecule has 1 aliphatic heterocycles. The van der Waals surface area contributed by atoms with E-state index in [-0.39, 0.29) is 13.2 Å². The molecular weight excluding hydrogens is 410 g/mol. The molecule has 1 aromatic carbocycles. The van der Waals surface area contributed by atoms with Gasteiger partial charge in [0.25, 0.3) is 5.56 Å².